The van der Waals surface area contributed by atoms with Gasteiger partial charge >= 0.3 is 0 Å². The van der Waals surface area contributed by atoms with E-state index in [0.717, 1.165) is 12.8 Å². The Bertz CT molecular complexity index is 210. The number of hydrogen-bond acceptors (Lipinski definition) is 2. The Kier molecular flexibility index (Phi) is 15.1. The third-order valence-corrected chi connectivity index (χ3v) is 3.73. The SMILES string of the molecule is CCCCCCCCCCCCCC(O)CCC#N. The van der Waals surface area contributed by atoms with Crippen LogP contribution in [0.3, 0.4) is 0 Å². The van der Waals surface area contributed by atoms with Crippen molar-refractivity contribution >= 4 is 0 Å². The molecule has 0 fully saturated rings. The second-order valence-electron chi connectivity index (χ2n) is 5.67. The molecule has 0 aliphatic rings. The molecule has 0 aromatic carbocycles. The van der Waals surface area contributed by atoms with Gasteiger partial charge in [-0.3, -0.25) is 0 Å². The molecule has 0 amide bonds. The van der Waals surface area contributed by atoms with Crippen LogP contribution in [0.25, 0.3) is 0 Å². The lowest BCUT2D eigenvalue weighted by molar-refractivity contribution is 0.152. The highest BCUT2D eigenvalue weighted by atomic mass is 16.3. The monoisotopic (exact) mass is 267 g/mol. The fraction of sp³-hybridized carbons (Fsp3) is 0.941. The molecule has 0 heterocycles. The quantitative estimate of drug-likeness (QED) is 0.431. The number of unbranched alkanes of at least 4 members (excludes halogenated alkanes) is 10. The Hall–Kier alpha value is -0.550. The Labute approximate surface area is 120 Å². The summed E-state index contributed by atoms with van der Waals surface area (Å²) in [6.45, 7) is 2.26. The van der Waals surface area contributed by atoms with Gasteiger partial charge in [-0.25, -0.2) is 0 Å². The van der Waals surface area contributed by atoms with Crippen LogP contribution in [-0.2, 0) is 0 Å². The maximum Gasteiger partial charge on any atom is 0.0622 e. The van der Waals surface area contributed by atoms with Gasteiger partial charge in [0.1, 0.15) is 0 Å². The summed E-state index contributed by atoms with van der Waals surface area (Å²) in [5.41, 5.74) is 0. The van der Waals surface area contributed by atoms with Crippen molar-refractivity contribution in [3.8, 4) is 6.07 Å². The van der Waals surface area contributed by atoms with E-state index in [1.165, 1.54) is 64.2 Å². The highest BCUT2D eigenvalue weighted by molar-refractivity contribution is 4.71. The molecule has 0 radical (unpaired) electrons. The average Bonchev–Trinajstić information content (AvgIpc) is 2.42. The molecule has 0 rings (SSSR count). The van der Waals surface area contributed by atoms with Gasteiger partial charge in [0.15, 0.2) is 0 Å². The van der Waals surface area contributed by atoms with Crippen LogP contribution in [0.1, 0.15) is 96.8 Å². The van der Waals surface area contributed by atoms with Gasteiger partial charge in [-0.15, -0.1) is 0 Å². The van der Waals surface area contributed by atoms with Crippen molar-refractivity contribution in [2.75, 3.05) is 0 Å². The first-order valence-electron chi connectivity index (χ1n) is 8.36. The van der Waals surface area contributed by atoms with Gasteiger partial charge in [-0.05, 0) is 12.8 Å². The van der Waals surface area contributed by atoms with Gasteiger partial charge in [0.05, 0.1) is 12.2 Å². The predicted octanol–water partition coefficient (Wildman–Crippen LogP) is 5.35. The number of aliphatic hydroxyl groups excluding tert-OH is 1. The van der Waals surface area contributed by atoms with Crippen molar-refractivity contribution in [3.63, 3.8) is 0 Å². The molecule has 0 spiro atoms. The average molecular weight is 267 g/mol. The molecule has 0 aromatic rings. The minimum atomic E-state index is -0.252. The number of hydrogen-bond donors (Lipinski definition) is 1. The smallest absolute Gasteiger partial charge is 0.0622 e. The van der Waals surface area contributed by atoms with Crippen LogP contribution in [0.4, 0.5) is 0 Å². The fourth-order valence-electron chi connectivity index (χ4n) is 2.42. The summed E-state index contributed by atoms with van der Waals surface area (Å²) >= 11 is 0. The van der Waals surface area contributed by atoms with E-state index in [1.54, 1.807) is 0 Å². The summed E-state index contributed by atoms with van der Waals surface area (Å²) in [5, 5.41) is 18.0. The molecule has 0 saturated heterocycles. The molecule has 0 aromatic heterocycles. The molecule has 1 unspecified atom stereocenters. The van der Waals surface area contributed by atoms with Crippen molar-refractivity contribution in [1.82, 2.24) is 0 Å². The van der Waals surface area contributed by atoms with Crippen molar-refractivity contribution in [2.24, 2.45) is 0 Å². The molecule has 19 heavy (non-hydrogen) atoms. The Morgan fingerprint density at radius 3 is 1.74 bits per heavy atom. The molecule has 1 atom stereocenters. The molecule has 112 valence electrons. The van der Waals surface area contributed by atoms with Gasteiger partial charge in [0.2, 0.25) is 0 Å². The lowest BCUT2D eigenvalue weighted by Gasteiger charge is -2.07. The van der Waals surface area contributed by atoms with Crippen LogP contribution < -0.4 is 0 Å². The first kappa shape index (κ1) is 18.4. The van der Waals surface area contributed by atoms with Crippen LogP contribution >= 0.6 is 0 Å². The van der Waals surface area contributed by atoms with E-state index >= 15 is 0 Å². The second-order valence-corrected chi connectivity index (χ2v) is 5.67. The molecule has 2 nitrogen and oxygen atoms in total. The number of rotatable bonds is 14. The first-order valence-corrected chi connectivity index (χ1v) is 8.36. The largest absolute Gasteiger partial charge is 0.393 e. The van der Waals surface area contributed by atoms with E-state index in [1.807, 2.05) is 0 Å². The van der Waals surface area contributed by atoms with Crippen LogP contribution in [0.2, 0.25) is 0 Å². The van der Waals surface area contributed by atoms with Crippen LogP contribution in [0.5, 0.6) is 0 Å². The van der Waals surface area contributed by atoms with Crippen molar-refractivity contribution in [1.29, 1.82) is 5.26 Å². The topological polar surface area (TPSA) is 44.0 Å². The predicted molar refractivity (Wildman–Crippen MR) is 81.9 cm³/mol. The van der Waals surface area contributed by atoms with E-state index in [9.17, 15) is 5.11 Å². The number of nitrogens with zero attached hydrogens (tertiary/aromatic N) is 1. The molecule has 1 N–H and O–H groups in total. The summed E-state index contributed by atoms with van der Waals surface area (Å²) in [5.74, 6) is 0. The van der Waals surface area contributed by atoms with Gasteiger partial charge < -0.3 is 5.11 Å². The standard InChI is InChI=1S/C17H33NO/c1-2-3-4-5-6-7-8-9-10-11-12-14-17(19)15-13-16-18/h17,19H,2-15H2,1H3. The van der Waals surface area contributed by atoms with Gasteiger partial charge in [0.25, 0.3) is 0 Å². The van der Waals surface area contributed by atoms with Crippen LogP contribution in [0, 0.1) is 11.3 Å². The van der Waals surface area contributed by atoms with E-state index in [2.05, 4.69) is 13.0 Å². The second kappa shape index (κ2) is 15.5. The van der Waals surface area contributed by atoms with E-state index in [-0.39, 0.29) is 6.10 Å². The summed E-state index contributed by atoms with van der Waals surface area (Å²) < 4.78 is 0. The first-order chi connectivity index (χ1) is 9.31. The zero-order chi connectivity index (χ0) is 14.2. The highest BCUT2D eigenvalue weighted by Gasteiger charge is 2.02. The van der Waals surface area contributed by atoms with Gasteiger partial charge in [-0.2, -0.15) is 5.26 Å². The lowest BCUT2D eigenvalue weighted by Crippen LogP contribution is -2.05. The zero-order valence-electron chi connectivity index (χ0n) is 12.9. The number of nitriles is 1. The van der Waals surface area contributed by atoms with Crippen LogP contribution in [-0.4, -0.2) is 11.2 Å². The van der Waals surface area contributed by atoms with Crippen molar-refractivity contribution in [3.05, 3.63) is 0 Å². The minimum Gasteiger partial charge on any atom is -0.393 e. The normalized spacial score (nSPS) is 12.3. The molecule has 0 saturated carbocycles. The third kappa shape index (κ3) is 15.4. The molecule has 2 heteroatoms. The van der Waals surface area contributed by atoms with Crippen LogP contribution in [0.15, 0.2) is 0 Å². The minimum absolute atomic E-state index is 0.252. The summed E-state index contributed by atoms with van der Waals surface area (Å²) in [4.78, 5) is 0. The Morgan fingerprint density at radius 1 is 0.789 bits per heavy atom. The molecule has 0 aliphatic carbocycles. The molecule has 0 bridgehead atoms. The fourth-order valence-corrected chi connectivity index (χ4v) is 2.42. The summed E-state index contributed by atoms with van der Waals surface area (Å²) in [7, 11) is 0. The maximum absolute atomic E-state index is 9.57. The van der Waals surface area contributed by atoms with Gasteiger partial charge in [-0.1, -0.05) is 77.6 Å². The van der Waals surface area contributed by atoms with E-state index in [4.69, 9.17) is 5.26 Å². The van der Waals surface area contributed by atoms with E-state index in [0.29, 0.717) is 12.8 Å². The highest BCUT2D eigenvalue weighted by Crippen LogP contribution is 2.13. The maximum atomic E-state index is 9.57. The lowest BCUT2D eigenvalue weighted by atomic mass is 10.0. The van der Waals surface area contributed by atoms with E-state index < -0.39 is 0 Å². The third-order valence-electron chi connectivity index (χ3n) is 3.73. The summed E-state index contributed by atoms with van der Waals surface area (Å²) in [6.07, 6.45) is 16.5. The van der Waals surface area contributed by atoms with Crippen molar-refractivity contribution < 1.29 is 5.11 Å². The molecule has 0 aliphatic heterocycles. The summed E-state index contributed by atoms with van der Waals surface area (Å²) in [6, 6.07) is 2.08. The van der Waals surface area contributed by atoms with Gasteiger partial charge in [0, 0.05) is 6.42 Å². The molecular weight excluding hydrogens is 234 g/mol. The molecular formula is C17H33NO. The Balaban J connectivity index is 3.04. The number of aliphatic hydroxyl groups is 1. The Morgan fingerprint density at radius 2 is 1.26 bits per heavy atom. The zero-order valence-corrected chi connectivity index (χ0v) is 12.9. The van der Waals surface area contributed by atoms with Crippen molar-refractivity contribution in [2.45, 2.75) is 103 Å².